The highest BCUT2D eigenvalue weighted by Crippen LogP contribution is 2.19. The third-order valence-electron chi connectivity index (χ3n) is 3.17. The first kappa shape index (κ1) is 16.9. The Bertz CT molecular complexity index is 522. The van der Waals surface area contributed by atoms with E-state index >= 15 is 0 Å². The van der Waals surface area contributed by atoms with Crippen LogP contribution in [0, 0.1) is 11.3 Å². The summed E-state index contributed by atoms with van der Waals surface area (Å²) in [5.41, 5.74) is 2.34. The summed E-state index contributed by atoms with van der Waals surface area (Å²) in [5.74, 6) is 0.464. The SMILES string of the molecule is CCCNC(=O)CCNc1nnc(CC)c(CC)c1C#N. The fraction of sp³-hybridized carbons (Fsp3) is 0.600. The zero-order valence-corrected chi connectivity index (χ0v) is 13.0. The van der Waals surface area contributed by atoms with Crippen molar-refractivity contribution in [1.29, 1.82) is 5.26 Å². The van der Waals surface area contributed by atoms with Crippen molar-refractivity contribution in [2.24, 2.45) is 0 Å². The first-order valence-electron chi connectivity index (χ1n) is 7.46. The van der Waals surface area contributed by atoms with E-state index in [-0.39, 0.29) is 5.91 Å². The topological polar surface area (TPSA) is 90.7 Å². The van der Waals surface area contributed by atoms with Gasteiger partial charge in [-0.2, -0.15) is 10.4 Å². The second-order valence-corrected chi connectivity index (χ2v) is 4.69. The number of carbonyl (C=O) groups excluding carboxylic acids is 1. The van der Waals surface area contributed by atoms with E-state index in [1.54, 1.807) is 0 Å². The van der Waals surface area contributed by atoms with Crippen molar-refractivity contribution in [3.63, 3.8) is 0 Å². The number of rotatable bonds is 8. The molecular weight excluding hydrogens is 266 g/mol. The van der Waals surface area contributed by atoms with Gasteiger partial charge in [-0.15, -0.1) is 5.10 Å². The number of nitriles is 1. The molecule has 1 aromatic rings. The molecule has 0 aromatic carbocycles. The van der Waals surface area contributed by atoms with E-state index < -0.39 is 0 Å². The lowest BCUT2D eigenvalue weighted by molar-refractivity contribution is -0.120. The zero-order valence-electron chi connectivity index (χ0n) is 13.0. The molecule has 0 atom stereocenters. The lowest BCUT2D eigenvalue weighted by Gasteiger charge is -2.11. The van der Waals surface area contributed by atoms with Gasteiger partial charge in [0.25, 0.3) is 0 Å². The van der Waals surface area contributed by atoms with Crippen LogP contribution >= 0.6 is 0 Å². The Balaban J connectivity index is 2.72. The largest absolute Gasteiger partial charge is 0.367 e. The second-order valence-electron chi connectivity index (χ2n) is 4.69. The molecule has 0 aliphatic carbocycles. The predicted molar refractivity (Wildman–Crippen MR) is 81.9 cm³/mol. The summed E-state index contributed by atoms with van der Waals surface area (Å²) in [6.45, 7) is 7.13. The summed E-state index contributed by atoms with van der Waals surface area (Å²) >= 11 is 0. The van der Waals surface area contributed by atoms with Gasteiger partial charge in [0.1, 0.15) is 11.6 Å². The molecule has 1 rings (SSSR count). The maximum Gasteiger partial charge on any atom is 0.221 e. The van der Waals surface area contributed by atoms with E-state index in [4.69, 9.17) is 0 Å². The molecule has 21 heavy (non-hydrogen) atoms. The molecule has 0 bridgehead atoms. The van der Waals surface area contributed by atoms with Crippen LogP contribution in [0.3, 0.4) is 0 Å². The van der Waals surface area contributed by atoms with Gasteiger partial charge in [-0.05, 0) is 24.8 Å². The molecular formula is C15H23N5O. The molecule has 1 amide bonds. The molecule has 0 radical (unpaired) electrons. The molecule has 2 N–H and O–H groups in total. The number of amides is 1. The van der Waals surface area contributed by atoms with Crippen LogP contribution < -0.4 is 10.6 Å². The van der Waals surface area contributed by atoms with Gasteiger partial charge in [-0.1, -0.05) is 20.8 Å². The Kier molecular flexibility index (Phi) is 7.16. The van der Waals surface area contributed by atoms with Crippen LogP contribution in [-0.2, 0) is 17.6 Å². The zero-order chi connectivity index (χ0) is 15.7. The monoisotopic (exact) mass is 289 g/mol. The number of nitrogens with zero attached hydrogens (tertiary/aromatic N) is 3. The van der Waals surface area contributed by atoms with E-state index in [1.165, 1.54) is 0 Å². The third kappa shape index (κ3) is 4.71. The highest BCUT2D eigenvalue weighted by atomic mass is 16.1. The van der Waals surface area contributed by atoms with Gasteiger partial charge in [0.05, 0.1) is 5.69 Å². The smallest absolute Gasteiger partial charge is 0.221 e. The lowest BCUT2D eigenvalue weighted by Crippen LogP contribution is -2.26. The van der Waals surface area contributed by atoms with Gasteiger partial charge in [0.2, 0.25) is 5.91 Å². The maximum absolute atomic E-state index is 11.5. The van der Waals surface area contributed by atoms with E-state index in [0.717, 1.165) is 30.5 Å². The molecule has 0 saturated heterocycles. The number of anilines is 1. The fourth-order valence-corrected chi connectivity index (χ4v) is 2.06. The lowest BCUT2D eigenvalue weighted by atomic mass is 10.0. The van der Waals surface area contributed by atoms with Crippen molar-refractivity contribution in [2.75, 3.05) is 18.4 Å². The van der Waals surface area contributed by atoms with Gasteiger partial charge >= 0.3 is 0 Å². The molecule has 114 valence electrons. The Labute approximate surface area is 126 Å². The Morgan fingerprint density at radius 2 is 1.95 bits per heavy atom. The second kappa shape index (κ2) is 8.90. The predicted octanol–water partition coefficient (Wildman–Crippen LogP) is 1.80. The fourth-order valence-electron chi connectivity index (χ4n) is 2.06. The van der Waals surface area contributed by atoms with Crippen LogP contribution in [0.4, 0.5) is 5.82 Å². The van der Waals surface area contributed by atoms with E-state index in [1.807, 2.05) is 20.8 Å². The van der Waals surface area contributed by atoms with Crippen molar-refractivity contribution in [2.45, 2.75) is 46.5 Å². The van der Waals surface area contributed by atoms with Crippen molar-refractivity contribution >= 4 is 11.7 Å². The maximum atomic E-state index is 11.5. The molecule has 1 aromatic heterocycles. The minimum Gasteiger partial charge on any atom is -0.367 e. The summed E-state index contributed by atoms with van der Waals surface area (Å²) < 4.78 is 0. The minimum atomic E-state index is -0.00305. The van der Waals surface area contributed by atoms with Crippen molar-refractivity contribution in [1.82, 2.24) is 15.5 Å². The van der Waals surface area contributed by atoms with Crippen LogP contribution in [0.1, 0.15) is 50.4 Å². The number of hydrogen-bond acceptors (Lipinski definition) is 5. The van der Waals surface area contributed by atoms with Crippen molar-refractivity contribution in [3.8, 4) is 6.07 Å². The molecule has 0 fully saturated rings. The van der Waals surface area contributed by atoms with Crippen LogP contribution in [-0.4, -0.2) is 29.2 Å². The molecule has 6 nitrogen and oxygen atoms in total. The van der Waals surface area contributed by atoms with Crippen LogP contribution in [0.15, 0.2) is 0 Å². The van der Waals surface area contributed by atoms with Gasteiger partial charge in [0, 0.05) is 19.5 Å². The van der Waals surface area contributed by atoms with E-state index in [9.17, 15) is 10.1 Å². The summed E-state index contributed by atoms with van der Waals surface area (Å²) in [6.07, 6.45) is 2.77. The summed E-state index contributed by atoms with van der Waals surface area (Å²) in [6, 6.07) is 2.20. The standard InChI is InChI=1S/C15H23N5O/c1-4-8-17-14(21)7-9-18-15-12(10-16)11(5-2)13(6-3)19-20-15/h4-9H2,1-3H3,(H,17,21)(H,18,20). The third-order valence-corrected chi connectivity index (χ3v) is 3.17. The van der Waals surface area contributed by atoms with Gasteiger partial charge < -0.3 is 10.6 Å². The first-order chi connectivity index (χ1) is 10.2. The van der Waals surface area contributed by atoms with Gasteiger partial charge in [-0.3, -0.25) is 4.79 Å². The molecule has 0 aliphatic rings. The molecule has 1 heterocycles. The highest BCUT2D eigenvalue weighted by Gasteiger charge is 2.14. The summed E-state index contributed by atoms with van der Waals surface area (Å²) in [5, 5.41) is 23.4. The number of aromatic nitrogens is 2. The van der Waals surface area contributed by atoms with E-state index in [0.29, 0.717) is 30.9 Å². The molecule has 0 spiro atoms. The number of hydrogen-bond donors (Lipinski definition) is 2. The minimum absolute atomic E-state index is 0.00305. The quantitative estimate of drug-likeness (QED) is 0.761. The molecule has 0 saturated carbocycles. The highest BCUT2D eigenvalue weighted by molar-refractivity contribution is 5.76. The Morgan fingerprint density at radius 3 is 2.52 bits per heavy atom. The van der Waals surface area contributed by atoms with E-state index in [2.05, 4.69) is 26.9 Å². The first-order valence-corrected chi connectivity index (χ1v) is 7.46. The van der Waals surface area contributed by atoms with Crippen molar-refractivity contribution < 1.29 is 4.79 Å². The average Bonchev–Trinajstić information content (AvgIpc) is 2.51. The summed E-state index contributed by atoms with van der Waals surface area (Å²) in [4.78, 5) is 11.5. The molecule has 6 heteroatoms. The van der Waals surface area contributed by atoms with Crippen molar-refractivity contribution in [3.05, 3.63) is 16.8 Å². The summed E-state index contributed by atoms with van der Waals surface area (Å²) in [7, 11) is 0. The normalized spacial score (nSPS) is 10.0. The van der Waals surface area contributed by atoms with Gasteiger partial charge in [-0.25, -0.2) is 0 Å². The average molecular weight is 289 g/mol. The molecule has 0 aliphatic heterocycles. The van der Waals surface area contributed by atoms with Crippen LogP contribution in [0.2, 0.25) is 0 Å². The Morgan fingerprint density at radius 1 is 1.19 bits per heavy atom. The van der Waals surface area contributed by atoms with Crippen LogP contribution in [0.5, 0.6) is 0 Å². The number of nitrogens with one attached hydrogen (secondary N) is 2. The van der Waals surface area contributed by atoms with Crippen LogP contribution in [0.25, 0.3) is 0 Å². The Hall–Kier alpha value is -2.16. The number of carbonyl (C=O) groups is 1. The van der Waals surface area contributed by atoms with Gasteiger partial charge in [0.15, 0.2) is 5.82 Å². The number of aryl methyl sites for hydroxylation is 1. The molecule has 0 unspecified atom stereocenters.